The van der Waals surface area contributed by atoms with Crippen molar-refractivity contribution in [3.63, 3.8) is 0 Å². The van der Waals surface area contributed by atoms with Crippen LogP contribution >= 0.6 is 0 Å². The molecule has 1 saturated heterocycles. The lowest BCUT2D eigenvalue weighted by Crippen LogP contribution is -2.54. The third-order valence-corrected chi connectivity index (χ3v) is 4.33. The largest absolute Gasteiger partial charge is 0.369 e. The maximum Gasteiger partial charge on any atom is 0.240 e. The number of nitrogens with one attached hydrogen (secondary N) is 2. The van der Waals surface area contributed by atoms with Gasteiger partial charge in [0.05, 0.1) is 5.54 Å². The summed E-state index contributed by atoms with van der Waals surface area (Å²) in [6.45, 7) is 2.88. The minimum absolute atomic E-state index is 0.00153. The van der Waals surface area contributed by atoms with E-state index in [2.05, 4.69) is 10.6 Å². The first-order chi connectivity index (χ1) is 8.51. The number of nitrogens with two attached hydrogens (primary N) is 1. The van der Waals surface area contributed by atoms with E-state index >= 15 is 0 Å². The molecule has 1 saturated carbocycles. The van der Waals surface area contributed by atoms with Crippen molar-refractivity contribution in [1.82, 2.24) is 10.6 Å². The summed E-state index contributed by atoms with van der Waals surface area (Å²) in [7, 11) is 0. The molecule has 1 heterocycles. The number of primary amides is 1. The maximum absolute atomic E-state index is 12.2. The van der Waals surface area contributed by atoms with Crippen LogP contribution < -0.4 is 16.4 Å². The zero-order valence-corrected chi connectivity index (χ0v) is 11.0. The maximum atomic E-state index is 12.2. The molecule has 2 amide bonds. The molecule has 0 radical (unpaired) electrons. The van der Waals surface area contributed by atoms with Crippen molar-refractivity contribution >= 4 is 11.8 Å². The lowest BCUT2D eigenvalue weighted by molar-refractivity contribution is -0.127. The molecule has 5 heteroatoms. The van der Waals surface area contributed by atoms with Gasteiger partial charge in [0, 0.05) is 12.0 Å². The van der Waals surface area contributed by atoms with E-state index in [1.54, 1.807) is 0 Å². The first-order valence-corrected chi connectivity index (χ1v) is 6.86. The Balaban J connectivity index is 1.81. The van der Waals surface area contributed by atoms with Gasteiger partial charge in [-0.25, -0.2) is 0 Å². The Morgan fingerprint density at radius 1 is 1.28 bits per heavy atom. The minimum Gasteiger partial charge on any atom is -0.369 e. The molecule has 1 aliphatic heterocycles. The van der Waals surface area contributed by atoms with Gasteiger partial charge < -0.3 is 16.4 Å². The fourth-order valence-electron chi connectivity index (χ4n) is 2.96. The van der Waals surface area contributed by atoms with Crippen LogP contribution in [0.1, 0.15) is 45.4 Å². The summed E-state index contributed by atoms with van der Waals surface area (Å²) in [5, 5.41) is 6.37. The van der Waals surface area contributed by atoms with Crippen LogP contribution in [0.25, 0.3) is 0 Å². The third-order valence-electron chi connectivity index (χ3n) is 4.33. The second-order valence-electron chi connectivity index (χ2n) is 5.79. The van der Waals surface area contributed by atoms with Crippen molar-refractivity contribution in [3.8, 4) is 0 Å². The molecule has 18 heavy (non-hydrogen) atoms. The van der Waals surface area contributed by atoms with Gasteiger partial charge >= 0.3 is 0 Å². The Morgan fingerprint density at radius 2 is 1.94 bits per heavy atom. The molecular formula is C13H23N3O2. The highest BCUT2D eigenvalue weighted by molar-refractivity contribution is 5.86. The summed E-state index contributed by atoms with van der Waals surface area (Å²) in [6.07, 6.45) is 5.26. The minimum atomic E-state index is -0.402. The summed E-state index contributed by atoms with van der Waals surface area (Å²) in [5.41, 5.74) is 4.90. The van der Waals surface area contributed by atoms with Gasteiger partial charge in [-0.3, -0.25) is 9.59 Å². The standard InChI is InChI=1S/C13H23N3O2/c1-13(7-2-8-15-13)12(18)16-10-5-3-9(4-6-10)11(14)17/h9-10,15H,2-8H2,1H3,(H2,14,17)(H,16,18). The molecule has 0 aromatic carbocycles. The smallest absolute Gasteiger partial charge is 0.240 e. The van der Waals surface area contributed by atoms with Crippen molar-refractivity contribution in [3.05, 3.63) is 0 Å². The van der Waals surface area contributed by atoms with E-state index in [-0.39, 0.29) is 23.8 Å². The Kier molecular flexibility index (Phi) is 3.90. The number of carbonyl (C=O) groups is 2. The molecule has 2 rings (SSSR count). The van der Waals surface area contributed by atoms with Crippen molar-refractivity contribution in [2.75, 3.05) is 6.54 Å². The molecule has 0 aromatic heterocycles. The highest BCUT2D eigenvalue weighted by atomic mass is 16.2. The number of carbonyl (C=O) groups excluding carboxylic acids is 2. The molecule has 2 aliphatic rings. The Hall–Kier alpha value is -1.10. The van der Waals surface area contributed by atoms with E-state index in [0.717, 1.165) is 45.1 Å². The van der Waals surface area contributed by atoms with Crippen LogP contribution in [-0.4, -0.2) is 29.9 Å². The fraction of sp³-hybridized carbons (Fsp3) is 0.846. The second kappa shape index (κ2) is 5.26. The van der Waals surface area contributed by atoms with Gasteiger partial charge in [-0.05, 0) is 52.0 Å². The van der Waals surface area contributed by atoms with Gasteiger partial charge in [-0.15, -0.1) is 0 Å². The molecule has 1 aliphatic carbocycles. The SMILES string of the molecule is CC1(C(=O)NC2CCC(C(N)=O)CC2)CCCN1. The Morgan fingerprint density at radius 3 is 2.44 bits per heavy atom. The third kappa shape index (κ3) is 2.83. The topological polar surface area (TPSA) is 84.2 Å². The van der Waals surface area contributed by atoms with Crippen LogP contribution in [-0.2, 0) is 9.59 Å². The quantitative estimate of drug-likeness (QED) is 0.676. The Labute approximate surface area is 108 Å². The first-order valence-electron chi connectivity index (χ1n) is 6.86. The molecule has 1 atom stereocenters. The van der Waals surface area contributed by atoms with Crippen molar-refractivity contribution < 1.29 is 9.59 Å². The van der Waals surface area contributed by atoms with Crippen molar-refractivity contribution in [1.29, 1.82) is 0 Å². The van der Waals surface area contributed by atoms with Crippen LogP contribution in [0.2, 0.25) is 0 Å². The molecule has 0 aromatic rings. The number of hydrogen-bond donors (Lipinski definition) is 3. The van der Waals surface area contributed by atoms with Gasteiger partial charge in [0.15, 0.2) is 0 Å². The summed E-state index contributed by atoms with van der Waals surface area (Å²) in [4.78, 5) is 23.3. The predicted molar refractivity (Wildman–Crippen MR) is 68.7 cm³/mol. The molecule has 2 fully saturated rings. The van der Waals surface area contributed by atoms with Gasteiger partial charge in [-0.1, -0.05) is 0 Å². The molecular weight excluding hydrogens is 230 g/mol. The summed E-state index contributed by atoms with van der Waals surface area (Å²) in [5.74, 6) is -0.106. The monoisotopic (exact) mass is 253 g/mol. The molecule has 0 bridgehead atoms. The van der Waals surface area contributed by atoms with E-state index in [0.29, 0.717) is 0 Å². The number of amides is 2. The summed E-state index contributed by atoms with van der Waals surface area (Å²) in [6, 6.07) is 0.201. The fourth-order valence-corrected chi connectivity index (χ4v) is 2.96. The number of rotatable bonds is 3. The van der Waals surface area contributed by atoms with Crippen molar-refractivity contribution in [2.45, 2.75) is 57.0 Å². The predicted octanol–water partition coefficient (Wildman–Crippen LogP) is 0.289. The summed E-state index contributed by atoms with van der Waals surface area (Å²) >= 11 is 0. The van der Waals surface area contributed by atoms with Crippen LogP contribution in [0.3, 0.4) is 0 Å². The average molecular weight is 253 g/mol. The second-order valence-corrected chi connectivity index (χ2v) is 5.79. The molecule has 4 N–H and O–H groups in total. The highest BCUT2D eigenvalue weighted by Gasteiger charge is 2.37. The Bertz CT molecular complexity index is 329. The zero-order valence-electron chi connectivity index (χ0n) is 11.0. The normalized spacial score (nSPS) is 36.3. The lowest BCUT2D eigenvalue weighted by Gasteiger charge is -2.31. The average Bonchev–Trinajstić information content (AvgIpc) is 2.78. The van der Waals surface area contributed by atoms with Gasteiger partial charge in [0.25, 0.3) is 0 Å². The van der Waals surface area contributed by atoms with Crippen LogP contribution in [0.4, 0.5) is 0 Å². The molecule has 102 valence electrons. The molecule has 0 spiro atoms. The van der Waals surface area contributed by atoms with Crippen LogP contribution in [0.5, 0.6) is 0 Å². The molecule has 5 nitrogen and oxygen atoms in total. The van der Waals surface area contributed by atoms with Crippen LogP contribution in [0.15, 0.2) is 0 Å². The zero-order chi connectivity index (χ0) is 13.2. The summed E-state index contributed by atoms with van der Waals surface area (Å²) < 4.78 is 0. The first kappa shape index (κ1) is 13.3. The van der Waals surface area contributed by atoms with Gasteiger partial charge in [0.1, 0.15) is 0 Å². The van der Waals surface area contributed by atoms with E-state index in [4.69, 9.17) is 5.73 Å². The van der Waals surface area contributed by atoms with Gasteiger partial charge in [-0.2, -0.15) is 0 Å². The van der Waals surface area contributed by atoms with E-state index in [1.165, 1.54) is 0 Å². The van der Waals surface area contributed by atoms with E-state index in [1.807, 2.05) is 6.92 Å². The molecule has 1 unspecified atom stereocenters. The van der Waals surface area contributed by atoms with Gasteiger partial charge in [0.2, 0.25) is 11.8 Å². The lowest BCUT2D eigenvalue weighted by atomic mass is 9.85. The highest BCUT2D eigenvalue weighted by Crippen LogP contribution is 2.25. The van der Waals surface area contributed by atoms with E-state index < -0.39 is 5.54 Å². The number of hydrogen-bond acceptors (Lipinski definition) is 3. The van der Waals surface area contributed by atoms with Crippen LogP contribution in [0, 0.1) is 5.92 Å². The van der Waals surface area contributed by atoms with Crippen molar-refractivity contribution in [2.24, 2.45) is 11.7 Å². The van der Waals surface area contributed by atoms with E-state index in [9.17, 15) is 9.59 Å².